The van der Waals surface area contributed by atoms with E-state index in [0.29, 0.717) is 17.9 Å². The molecule has 3 atom stereocenters. The topological polar surface area (TPSA) is 41.5 Å². The van der Waals surface area contributed by atoms with E-state index in [1.807, 2.05) is 12.1 Å². The Balaban J connectivity index is 2.06. The predicted molar refractivity (Wildman–Crippen MR) is 80.4 cm³/mol. The van der Waals surface area contributed by atoms with E-state index in [9.17, 15) is 5.11 Å². The first-order valence-electron chi connectivity index (χ1n) is 6.91. The largest absolute Gasteiger partial charge is 0.508 e. The van der Waals surface area contributed by atoms with Crippen molar-refractivity contribution in [3.8, 4) is 5.75 Å². The van der Waals surface area contributed by atoms with Crippen molar-refractivity contribution in [1.82, 2.24) is 5.32 Å². The fourth-order valence-corrected chi connectivity index (χ4v) is 3.20. The molecule has 0 aromatic heterocycles. The maximum atomic E-state index is 10.0. The van der Waals surface area contributed by atoms with Crippen LogP contribution in [0.2, 0.25) is 0 Å². The molecule has 0 bridgehead atoms. The summed E-state index contributed by atoms with van der Waals surface area (Å²) in [5, 5.41) is 13.7. The fraction of sp³-hybridized carbons (Fsp3) is 0.600. The second kappa shape index (κ2) is 6.73. The summed E-state index contributed by atoms with van der Waals surface area (Å²) in [6.07, 6.45) is 4.66. The molecule has 106 valence electrons. The van der Waals surface area contributed by atoms with E-state index in [4.69, 9.17) is 4.74 Å². The first kappa shape index (κ1) is 14.8. The molecular formula is C15H22BrNO2. The van der Waals surface area contributed by atoms with Gasteiger partial charge in [-0.1, -0.05) is 22.9 Å². The summed E-state index contributed by atoms with van der Waals surface area (Å²) in [6, 6.07) is 6.28. The van der Waals surface area contributed by atoms with Gasteiger partial charge in [-0.15, -0.1) is 0 Å². The third-order valence-electron chi connectivity index (χ3n) is 3.93. The minimum atomic E-state index is 0.193. The van der Waals surface area contributed by atoms with Crippen LogP contribution in [0.5, 0.6) is 5.75 Å². The molecule has 3 unspecified atom stereocenters. The van der Waals surface area contributed by atoms with E-state index < -0.39 is 0 Å². The zero-order valence-electron chi connectivity index (χ0n) is 11.5. The Morgan fingerprint density at radius 2 is 2.26 bits per heavy atom. The molecule has 3 nitrogen and oxygen atoms in total. The van der Waals surface area contributed by atoms with Crippen molar-refractivity contribution in [2.45, 2.75) is 50.8 Å². The fourth-order valence-electron chi connectivity index (χ4n) is 2.82. The van der Waals surface area contributed by atoms with Gasteiger partial charge in [-0.3, -0.25) is 0 Å². The number of halogens is 1. The van der Waals surface area contributed by atoms with Crippen molar-refractivity contribution in [1.29, 1.82) is 0 Å². The lowest BCUT2D eigenvalue weighted by Crippen LogP contribution is -2.31. The van der Waals surface area contributed by atoms with Crippen LogP contribution >= 0.6 is 15.9 Å². The number of phenolic OH excluding ortho intramolecular Hbond substituents is 1. The Kier molecular flexibility index (Phi) is 5.25. The Bertz CT molecular complexity index is 425. The highest BCUT2D eigenvalue weighted by Gasteiger charge is 2.27. The van der Waals surface area contributed by atoms with Gasteiger partial charge in [0.15, 0.2) is 0 Å². The lowest BCUT2D eigenvalue weighted by atomic mass is 10.0. The molecule has 0 radical (unpaired) electrons. The molecular weight excluding hydrogens is 306 g/mol. The van der Waals surface area contributed by atoms with Gasteiger partial charge in [0.05, 0.1) is 6.10 Å². The van der Waals surface area contributed by atoms with Gasteiger partial charge in [-0.05, 0) is 43.9 Å². The predicted octanol–water partition coefficient (Wildman–Crippen LogP) is 3.76. The highest BCUT2D eigenvalue weighted by Crippen LogP contribution is 2.31. The van der Waals surface area contributed by atoms with Gasteiger partial charge in [0.1, 0.15) is 5.75 Å². The van der Waals surface area contributed by atoms with E-state index in [1.165, 1.54) is 0 Å². The van der Waals surface area contributed by atoms with Crippen LogP contribution in [0.4, 0.5) is 0 Å². The lowest BCUT2D eigenvalue weighted by Gasteiger charge is -2.23. The third kappa shape index (κ3) is 3.71. The minimum absolute atomic E-state index is 0.193. The van der Waals surface area contributed by atoms with Gasteiger partial charge in [-0.25, -0.2) is 0 Å². The maximum Gasteiger partial charge on any atom is 0.120 e. The van der Waals surface area contributed by atoms with Gasteiger partial charge in [0, 0.05) is 29.2 Å². The zero-order chi connectivity index (χ0) is 13.8. The molecule has 1 aromatic carbocycles. The number of rotatable bonds is 5. The highest BCUT2D eigenvalue weighted by atomic mass is 79.9. The van der Waals surface area contributed by atoms with Crippen molar-refractivity contribution in [2.75, 3.05) is 7.11 Å². The first-order valence-corrected chi connectivity index (χ1v) is 7.70. The molecule has 0 heterocycles. The summed E-state index contributed by atoms with van der Waals surface area (Å²) in [5.74, 6) is 0.365. The number of ether oxygens (including phenoxy) is 1. The van der Waals surface area contributed by atoms with Gasteiger partial charge in [0.25, 0.3) is 0 Å². The van der Waals surface area contributed by atoms with Gasteiger partial charge < -0.3 is 15.2 Å². The molecule has 19 heavy (non-hydrogen) atoms. The molecule has 2 N–H and O–H groups in total. The molecule has 4 heteroatoms. The van der Waals surface area contributed by atoms with E-state index in [-0.39, 0.29) is 6.04 Å². The molecule has 1 aliphatic carbocycles. The SMILES string of the molecule is CCC(NC1CCC(OC)C1)c1cc(Br)ccc1O. The van der Waals surface area contributed by atoms with Crippen LogP contribution in [0, 0.1) is 0 Å². The lowest BCUT2D eigenvalue weighted by molar-refractivity contribution is 0.106. The molecule has 0 spiro atoms. The Morgan fingerprint density at radius 1 is 1.47 bits per heavy atom. The van der Waals surface area contributed by atoms with Crippen molar-refractivity contribution in [3.63, 3.8) is 0 Å². The summed E-state index contributed by atoms with van der Waals surface area (Å²) < 4.78 is 6.41. The average Bonchev–Trinajstić information content (AvgIpc) is 2.87. The molecule has 0 amide bonds. The van der Waals surface area contributed by atoms with Crippen LogP contribution in [0.3, 0.4) is 0 Å². The van der Waals surface area contributed by atoms with Crippen LogP contribution in [0.1, 0.15) is 44.2 Å². The number of methoxy groups -OCH3 is 1. The quantitative estimate of drug-likeness (QED) is 0.865. The van der Waals surface area contributed by atoms with Crippen LogP contribution in [0.25, 0.3) is 0 Å². The van der Waals surface area contributed by atoms with Crippen LogP contribution in [-0.2, 0) is 4.74 Å². The van der Waals surface area contributed by atoms with E-state index in [2.05, 4.69) is 28.2 Å². The van der Waals surface area contributed by atoms with Crippen molar-refractivity contribution < 1.29 is 9.84 Å². The zero-order valence-corrected chi connectivity index (χ0v) is 13.1. The first-order chi connectivity index (χ1) is 9.13. The number of hydrogen-bond acceptors (Lipinski definition) is 3. The van der Waals surface area contributed by atoms with Gasteiger partial charge >= 0.3 is 0 Å². The molecule has 2 rings (SSSR count). The second-order valence-corrected chi connectivity index (χ2v) is 6.11. The number of nitrogens with one attached hydrogen (secondary N) is 1. The highest BCUT2D eigenvalue weighted by molar-refractivity contribution is 9.10. The van der Waals surface area contributed by atoms with E-state index in [1.54, 1.807) is 13.2 Å². The van der Waals surface area contributed by atoms with Crippen LogP contribution in [-0.4, -0.2) is 24.4 Å². The molecule has 1 aliphatic rings. The number of hydrogen-bond donors (Lipinski definition) is 2. The van der Waals surface area contributed by atoms with Gasteiger partial charge in [-0.2, -0.15) is 0 Å². The van der Waals surface area contributed by atoms with Crippen molar-refractivity contribution in [2.24, 2.45) is 0 Å². The maximum absolute atomic E-state index is 10.0. The minimum Gasteiger partial charge on any atom is -0.508 e. The number of phenols is 1. The summed E-state index contributed by atoms with van der Waals surface area (Å²) in [6.45, 7) is 2.14. The van der Waals surface area contributed by atoms with E-state index >= 15 is 0 Å². The summed E-state index contributed by atoms with van der Waals surface area (Å²) >= 11 is 3.47. The molecule has 1 fully saturated rings. The second-order valence-electron chi connectivity index (χ2n) is 5.20. The third-order valence-corrected chi connectivity index (χ3v) is 4.42. The van der Waals surface area contributed by atoms with Crippen molar-refractivity contribution >= 4 is 15.9 Å². The monoisotopic (exact) mass is 327 g/mol. The molecule has 0 aliphatic heterocycles. The normalized spacial score (nSPS) is 24.6. The number of benzene rings is 1. The number of aromatic hydroxyl groups is 1. The molecule has 0 saturated heterocycles. The Hall–Kier alpha value is -0.580. The summed E-state index contributed by atoms with van der Waals surface area (Å²) in [5.41, 5.74) is 0.970. The Labute approximate surface area is 123 Å². The van der Waals surface area contributed by atoms with E-state index in [0.717, 1.165) is 35.7 Å². The summed E-state index contributed by atoms with van der Waals surface area (Å²) in [7, 11) is 1.78. The molecule has 1 aromatic rings. The van der Waals surface area contributed by atoms with Gasteiger partial charge in [0.2, 0.25) is 0 Å². The van der Waals surface area contributed by atoms with Crippen LogP contribution < -0.4 is 5.32 Å². The average molecular weight is 328 g/mol. The smallest absolute Gasteiger partial charge is 0.120 e. The summed E-state index contributed by atoms with van der Waals surface area (Å²) in [4.78, 5) is 0. The van der Waals surface area contributed by atoms with Crippen molar-refractivity contribution in [3.05, 3.63) is 28.2 Å². The van der Waals surface area contributed by atoms with Crippen LogP contribution in [0.15, 0.2) is 22.7 Å². The molecule has 1 saturated carbocycles. The Morgan fingerprint density at radius 3 is 2.89 bits per heavy atom. The standard InChI is InChI=1S/C15H22BrNO2/c1-3-14(13-8-10(16)4-7-15(13)18)17-11-5-6-12(9-11)19-2/h4,7-8,11-12,14,17-18H,3,5-6,9H2,1-2H3.